The molecule has 0 N–H and O–H groups in total. The number of nitrogens with zero attached hydrogens (tertiary/aromatic N) is 1. The highest BCUT2D eigenvalue weighted by molar-refractivity contribution is 5.89. The van der Waals surface area contributed by atoms with E-state index in [1.54, 1.807) is 22.3 Å². The SMILES string of the molecule is c1ccc2c(c1)C1Cc3c4c(cc5ccccc35)CCCCCCN2C4C1. The van der Waals surface area contributed by atoms with Crippen LogP contribution >= 0.6 is 0 Å². The Hall–Kier alpha value is -2.28. The number of anilines is 1. The molecule has 0 saturated heterocycles. The molecule has 2 atom stereocenters. The molecular weight excluding hydrogens is 326 g/mol. The lowest BCUT2D eigenvalue weighted by Crippen LogP contribution is -2.40. The fourth-order valence-corrected chi connectivity index (χ4v) is 6.07. The fraction of sp³-hybridized carbons (Fsp3) is 0.385. The highest BCUT2D eigenvalue weighted by atomic mass is 15.2. The minimum atomic E-state index is 0.575. The molecule has 27 heavy (non-hydrogen) atoms. The zero-order valence-electron chi connectivity index (χ0n) is 16.0. The quantitative estimate of drug-likeness (QED) is 0.443. The number of fused-ring (bicyclic) bond motifs is 6. The van der Waals surface area contributed by atoms with Crippen LogP contribution in [0.2, 0.25) is 0 Å². The van der Waals surface area contributed by atoms with Gasteiger partial charge in [0.15, 0.2) is 0 Å². The molecule has 1 aliphatic carbocycles. The van der Waals surface area contributed by atoms with E-state index in [2.05, 4.69) is 59.5 Å². The van der Waals surface area contributed by atoms with Crippen LogP contribution in [0.5, 0.6) is 0 Å². The highest BCUT2D eigenvalue weighted by Crippen LogP contribution is 2.53. The molecule has 0 amide bonds. The lowest BCUT2D eigenvalue weighted by molar-refractivity contribution is 0.432. The van der Waals surface area contributed by atoms with Crippen molar-refractivity contribution in [2.75, 3.05) is 11.4 Å². The second-order valence-corrected chi connectivity index (χ2v) is 8.72. The smallest absolute Gasteiger partial charge is 0.0554 e. The lowest BCUT2D eigenvalue weighted by Gasteiger charge is -2.48. The van der Waals surface area contributed by atoms with Crippen LogP contribution in [0.4, 0.5) is 5.69 Å². The minimum absolute atomic E-state index is 0.575. The van der Waals surface area contributed by atoms with Crippen molar-refractivity contribution in [3.05, 3.63) is 76.9 Å². The summed E-state index contributed by atoms with van der Waals surface area (Å²) >= 11 is 0. The second kappa shape index (κ2) is 6.12. The van der Waals surface area contributed by atoms with Gasteiger partial charge >= 0.3 is 0 Å². The Morgan fingerprint density at radius 3 is 2.70 bits per heavy atom. The van der Waals surface area contributed by atoms with Gasteiger partial charge in [-0.15, -0.1) is 0 Å². The van der Waals surface area contributed by atoms with E-state index in [4.69, 9.17) is 0 Å². The van der Waals surface area contributed by atoms with Gasteiger partial charge < -0.3 is 4.90 Å². The van der Waals surface area contributed by atoms with E-state index in [9.17, 15) is 0 Å². The van der Waals surface area contributed by atoms with E-state index >= 15 is 0 Å². The normalized spacial score (nSPS) is 23.8. The highest BCUT2D eigenvalue weighted by Gasteiger charge is 2.39. The molecule has 2 heterocycles. The van der Waals surface area contributed by atoms with E-state index in [1.807, 2.05) is 0 Å². The van der Waals surface area contributed by atoms with Crippen LogP contribution in [0.15, 0.2) is 54.6 Å². The molecule has 3 aromatic rings. The molecular formula is C26H27N. The van der Waals surface area contributed by atoms with Crippen molar-refractivity contribution >= 4 is 16.5 Å². The van der Waals surface area contributed by atoms with Crippen LogP contribution in [-0.2, 0) is 12.8 Å². The predicted molar refractivity (Wildman–Crippen MR) is 114 cm³/mol. The topological polar surface area (TPSA) is 3.24 Å². The molecule has 0 radical (unpaired) electrons. The van der Waals surface area contributed by atoms with Gasteiger partial charge in [-0.05, 0) is 77.1 Å². The Labute approximate surface area is 162 Å². The van der Waals surface area contributed by atoms with Crippen molar-refractivity contribution in [2.45, 2.75) is 56.9 Å². The van der Waals surface area contributed by atoms with Crippen molar-refractivity contribution < 1.29 is 0 Å². The van der Waals surface area contributed by atoms with Gasteiger partial charge in [-0.3, -0.25) is 0 Å². The van der Waals surface area contributed by atoms with E-state index in [0.29, 0.717) is 12.0 Å². The van der Waals surface area contributed by atoms with Crippen LogP contribution in [0, 0.1) is 0 Å². The summed E-state index contributed by atoms with van der Waals surface area (Å²) in [5.74, 6) is 0.677. The maximum Gasteiger partial charge on any atom is 0.0554 e. The molecule has 0 spiro atoms. The summed E-state index contributed by atoms with van der Waals surface area (Å²) < 4.78 is 0. The molecule has 2 aliphatic heterocycles. The van der Waals surface area contributed by atoms with Crippen LogP contribution in [0.3, 0.4) is 0 Å². The molecule has 2 bridgehead atoms. The average Bonchev–Trinajstić information content (AvgIpc) is 2.72. The van der Waals surface area contributed by atoms with E-state index in [1.165, 1.54) is 68.0 Å². The van der Waals surface area contributed by atoms with Crippen LogP contribution in [-0.4, -0.2) is 6.54 Å². The van der Waals surface area contributed by atoms with Gasteiger partial charge in [0.25, 0.3) is 0 Å². The number of aryl methyl sites for hydroxylation is 1. The maximum absolute atomic E-state index is 2.77. The van der Waals surface area contributed by atoms with Crippen LogP contribution in [0.25, 0.3) is 10.8 Å². The Bertz CT molecular complexity index is 1020. The number of para-hydroxylation sites is 1. The van der Waals surface area contributed by atoms with Gasteiger partial charge in [0.2, 0.25) is 0 Å². The number of rotatable bonds is 0. The van der Waals surface area contributed by atoms with E-state index < -0.39 is 0 Å². The molecule has 3 aliphatic rings. The summed E-state index contributed by atoms with van der Waals surface area (Å²) in [7, 11) is 0. The summed E-state index contributed by atoms with van der Waals surface area (Å²) in [6, 6.07) is 21.5. The van der Waals surface area contributed by atoms with Crippen LogP contribution < -0.4 is 4.90 Å². The minimum Gasteiger partial charge on any atom is -0.364 e. The molecule has 0 aromatic heterocycles. The van der Waals surface area contributed by atoms with Gasteiger partial charge in [0.1, 0.15) is 0 Å². The maximum atomic E-state index is 2.77. The molecule has 0 saturated carbocycles. The van der Waals surface area contributed by atoms with Crippen molar-refractivity contribution in [2.24, 2.45) is 0 Å². The van der Waals surface area contributed by atoms with Gasteiger partial charge in [0.05, 0.1) is 6.04 Å². The van der Waals surface area contributed by atoms with Gasteiger partial charge in [-0.2, -0.15) is 0 Å². The van der Waals surface area contributed by atoms with Crippen molar-refractivity contribution in [3.63, 3.8) is 0 Å². The molecule has 6 rings (SSSR count). The molecule has 136 valence electrons. The first-order valence-corrected chi connectivity index (χ1v) is 10.8. The van der Waals surface area contributed by atoms with Gasteiger partial charge in [-0.25, -0.2) is 0 Å². The number of hydrogen-bond donors (Lipinski definition) is 0. The van der Waals surface area contributed by atoms with Gasteiger partial charge in [0, 0.05) is 12.2 Å². The Balaban J connectivity index is 1.64. The average molecular weight is 354 g/mol. The number of benzene rings is 3. The predicted octanol–water partition coefficient (Wildman–Crippen LogP) is 6.55. The van der Waals surface area contributed by atoms with Crippen LogP contribution in [0.1, 0.15) is 66.3 Å². The molecule has 0 fully saturated rings. The Morgan fingerprint density at radius 2 is 1.70 bits per heavy atom. The standard InChI is InChI=1S/C26H27N/c1-2-8-14-27-24-13-7-6-12-22(24)20-16-23-21-11-5-4-9-18(21)15-19(10-3-1)26(23)25(27)17-20/h4-7,9,11-13,15,20,25H,1-3,8,10,14,16-17H2. The van der Waals surface area contributed by atoms with E-state index in [-0.39, 0.29) is 0 Å². The van der Waals surface area contributed by atoms with E-state index in [0.717, 1.165) is 0 Å². The molecule has 3 aromatic carbocycles. The summed E-state index contributed by atoms with van der Waals surface area (Å²) in [4.78, 5) is 2.77. The molecule has 1 heteroatoms. The Morgan fingerprint density at radius 1 is 0.852 bits per heavy atom. The fourth-order valence-electron chi connectivity index (χ4n) is 6.07. The van der Waals surface area contributed by atoms with Crippen molar-refractivity contribution in [3.8, 4) is 0 Å². The second-order valence-electron chi connectivity index (χ2n) is 8.72. The third kappa shape index (κ3) is 2.37. The van der Waals surface area contributed by atoms with Crippen molar-refractivity contribution in [1.29, 1.82) is 0 Å². The Kier molecular flexibility index (Phi) is 3.57. The lowest BCUT2D eigenvalue weighted by atomic mass is 9.70. The first kappa shape index (κ1) is 15.7. The summed E-state index contributed by atoms with van der Waals surface area (Å²) in [6.07, 6.45) is 9.17. The third-order valence-electron chi connectivity index (χ3n) is 7.24. The number of hydrogen-bond acceptors (Lipinski definition) is 1. The summed E-state index contributed by atoms with van der Waals surface area (Å²) in [6.45, 7) is 1.21. The van der Waals surface area contributed by atoms with Gasteiger partial charge in [-0.1, -0.05) is 61.4 Å². The third-order valence-corrected chi connectivity index (χ3v) is 7.24. The first-order valence-electron chi connectivity index (χ1n) is 10.8. The zero-order chi connectivity index (χ0) is 17.8. The van der Waals surface area contributed by atoms with Crippen molar-refractivity contribution in [1.82, 2.24) is 0 Å². The largest absolute Gasteiger partial charge is 0.364 e. The zero-order valence-corrected chi connectivity index (χ0v) is 16.0. The monoisotopic (exact) mass is 353 g/mol. The summed E-state index contributed by atoms with van der Waals surface area (Å²) in [5.41, 5.74) is 8.10. The molecule has 1 nitrogen and oxygen atoms in total. The summed E-state index contributed by atoms with van der Waals surface area (Å²) in [5, 5.41) is 2.95. The molecule has 2 unspecified atom stereocenters. The first-order chi connectivity index (χ1) is 13.4.